The van der Waals surface area contributed by atoms with Crippen LogP contribution < -0.4 is 14.8 Å². The summed E-state index contributed by atoms with van der Waals surface area (Å²) in [5, 5.41) is 3.69. The molecule has 0 bridgehead atoms. The molecule has 0 spiro atoms. The van der Waals surface area contributed by atoms with Crippen molar-refractivity contribution in [2.75, 3.05) is 31.5 Å². The molecular weight excluding hydrogens is 416 g/mol. The Bertz CT molecular complexity index is 1100. The maximum atomic E-state index is 13.2. The standard InChI is InChI=1S/C19H17F2N5O3S/c20-19(21)28-14-2-1-12(9-15(14)29-19)11-25-5-7-26(8-6-25)18(27)24-17-13-10-23-30-16(13)3-4-22-17/h1-4,9-10H,5-8,11H2,(H,22,24,27). The summed E-state index contributed by atoms with van der Waals surface area (Å²) >= 11 is 1.35. The van der Waals surface area contributed by atoms with E-state index in [4.69, 9.17) is 0 Å². The van der Waals surface area contributed by atoms with Gasteiger partial charge in [-0.25, -0.2) is 9.78 Å². The Morgan fingerprint density at radius 2 is 1.97 bits per heavy atom. The lowest BCUT2D eigenvalue weighted by atomic mass is 10.1. The number of ether oxygens (including phenoxy) is 2. The number of nitrogens with zero attached hydrogens (tertiary/aromatic N) is 4. The van der Waals surface area contributed by atoms with E-state index in [2.05, 4.69) is 29.0 Å². The number of piperazine rings is 1. The molecule has 1 aromatic carbocycles. The Morgan fingerprint density at radius 1 is 1.17 bits per heavy atom. The van der Waals surface area contributed by atoms with E-state index in [0.717, 1.165) is 15.6 Å². The van der Waals surface area contributed by atoms with Gasteiger partial charge in [0.15, 0.2) is 11.5 Å². The number of alkyl halides is 2. The van der Waals surface area contributed by atoms with Crippen LogP contribution in [0.25, 0.3) is 10.1 Å². The highest BCUT2D eigenvalue weighted by molar-refractivity contribution is 7.13. The smallest absolute Gasteiger partial charge is 0.395 e. The van der Waals surface area contributed by atoms with E-state index in [0.29, 0.717) is 38.5 Å². The Morgan fingerprint density at radius 3 is 2.80 bits per heavy atom. The van der Waals surface area contributed by atoms with Crippen molar-refractivity contribution in [2.24, 2.45) is 0 Å². The van der Waals surface area contributed by atoms with Crippen molar-refractivity contribution in [3.8, 4) is 11.5 Å². The van der Waals surface area contributed by atoms with Crippen molar-refractivity contribution >= 4 is 33.5 Å². The van der Waals surface area contributed by atoms with E-state index in [1.54, 1.807) is 29.4 Å². The van der Waals surface area contributed by atoms with E-state index in [1.807, 2.05) is 6.07 Å². The molecule has 1 N–H and O–H groups in total. The van der Waals surface area contributed by atoms with Crippen molar-refractivity contribution in [3.63, 3.8) is 0 Å². The second-order valence-corrected chi connectivity index (χ2v) is 7.87. The van der Waals surface area contributed by atoms with Crippen LogP contribution in [0, 0.1) is 0 Å². The first-order valence-electron chi connectivity index (χ1n) is 9.33. The molecule has 0 unspecified atom stereocenters. The van der Waals surface area contributed by atoms with Crippen LogP contribution in [0.1, 0.15) is 5.56 Å². The van der Waals surface area contributed by atoms with Crippen LogP contribution in [-0.4, -0.2) is 57.7 Å². The van der Waals surface area contributed by atoms with Crippen LogP contribution in [0.15, 0.2) is 36.7 Å². The van der Waals surface area contributed by atoms with Gasteiger partial charge in [0.25, 0.3) is 0 Å². The van der Waals surface area contributed by atoms with Gasteiger partial charge in [-0.1, -0.05) is 6.07 Å². The molecule has 1 saturated heterocycles. The second kappa shape index (κ2) is 7.33. The number of rotatable bonds is 3. The third kappa shape index (κ3) is 3.73. The van der Waals surface area contributed by atoms with E-state index in [1.165, 1.54) is 17.6 Å². The molecule has 2 aliphatic heterocycles. The fraction of sp³-hybridized carbons (Fsp3) is 0.316. The van der Waals surface area contributed by atoms with Crippen molar-refractivity contribution in [1.29, 1.82) is 0 Å². The second-order valence-electron chi connectivity index (χ2n) is 7.04. The number of amides is 2. The number of benzene rings is 1. The van der Waals surface area contributed by atoms with Gasteiger partial charge in [0.1, 0.15) is 5.82 Å². The summed E-state index contributed by atoms with van der Waals surface area (Å²) in [6, 6.07) is 6.45. The van der Waals surface area contributed by atoms with Crippen LogP contribution in [0.5, 0.6) is 11.5 Å². The number of hydrogen-bond acceptors (Lipinski definition) is 7. The molecule has 5 rings (SSSR count). The summed E-state index contributed by atoms with van der Waals surface area (Å²) in [4.78, 5) is 20.8. The van der Waals surface area contributed by atoms with Crippen molar-refractivity contribution in [1.82, 2.24) is 19.2 Å². The maximum Gasteiger partial charge on any atom is 0.586 e. The average Bonchev–Trinajstić information content (AvgIpc) is 3.31. The normalized spacial score (nSPS) is 18.0. The number of halogens is 2. The summed E-state index contributed by atoms with van der Waals surface area (Å²) < 4.78 is 40.4. The van der Waals surface area contributed by atoms with Gasteiger partial charge in [-0.05, 0) is 35.3 Å². The number of fused-ring (bicyclic) bond motifs is 2. The zero-order chi connectivity index (χ0) is 20.7. The van der Waals surface area contributed by atoms with Gasteiger partial charge >= 0.3 is 12.3 Å². The summed E-state index contributed by atoms with van der Waals surface area (Å²) in [6.45, 7) is 2.99. The summed E-state index contributed by atoms with van der Waals surface area (Å²) in [5.41, 5.74) is 0.841. The first-order chi connectivity index (χ1) is 14.5. The molecule has 3 aromatic rings. The van der Waals surface area contributed by atoms with Gasteiger partial charge in [-0.2, -0.15) is 4.37 Å². The van der Waals surface area contributed by atoms with Crippen molar-refractivity contribution in [3.05, 3.63) is 42.2 Å². The Labute approximate surface area is 174 Å². The van der Waals surface area contributed by atoms with Gasteiger partial charge in [0, 0.05) is 38.9 Å². The minimum absolute atomic E-state index is 0.0368. The van der Waals surface area contributed by atoms with Crippen LogP contribution >= 0.6 is 11.5 Å². The summed E-state index contributed by atoms with van der Waals surface area (Å²) in [7, 11) is 0. The number of aromatic nitrogens is 2. The summed E-state index contributed by atoms with van der Waals surface area (Å²) in [5.74, 6) is 0.584. The van der Waals surface area contributed by atoms with Crippen LogP contribution in [0.3, 0.4) is 0 Å². The molecule has 11 heteroatoms. The van der Waals surface area contributed by atoms with E-state index < -0.39 is 6.29 Å². The number of carbonyl (C=O) groups is 1. The van der Waals surface area contributed by atoms with Gasteiger partial charge in [0.05, 0.1) is 16.3 Å². The first-order valence-corrected chi connectivity index (χ1v) is 10.1. The highest BCUT2D eigenvalue weighted by atomic mass is 32.1. The molecule has 0 radical (unpaired) electrons. The minimum atomic E-state index is -3.61. The molecule has 1 fully saturated rings. The lowest BCUT2D eigenvalue weighted by molar-refractivity contribution is -0.286. The molecule has 0 atom stereocenters. The largest absolute Gasteiger partial charge is 0.586 e. The number of carbonyl (C=O) groups excluding carboxylic acids is 1. The molecule has 4 heterocycles. The average molecular weight is 433 g/mol. The number of anilines is 1. The first kappa shape index (κ1) is 18.9. The van der Waals surface area contributed by atoms with E-state index in [9.17, 15) is 13.6 Å². The van der Waals surface area contributed by atoms with Crippen molar-refractivity contribution in [2.45, 2.75) is 12.8 Å². The molecule has 2 amide bonds. The predicted octanol–water partition coefficient (Wildman–Crippen LogP) is 3.36. The number of pyridine rings is 1. The molecule has 0 aliphatic carbocycles. The Balaban J connectivity index is 1.17. The maximum absolute atomic E-state index is 13.2. The van der Waals surface area contributed by atoms with Crippen molar-refractivity contribution < 1.29 is 23.0 Å². The highest BCUT2D eigenvalue weighted by Gasteiger charge is 2.43. The molecule has 0 saturated carbocycles. The van der Waals surface area contributed by atoms with E-state index >= 15 is 0 Å². The van der Waals surface area contributed by atoms with Gasteiger partial charge < -0.3 is 14.4 Å². The molecule has 2 aromatic heterocycles. The molecule has 156 valence electrons. The quantitative estimate of drug-likeness (QED) is 0.682. The third-order valence-electron chi connectivity index (χ3n) is 5.04. The Hall–Kier alpha value is -3.05. The lowest BCUT2D eigenvalue weighted by Crippen LogP contribution is -2.49. The number of nitrogens with one attached hydrogen (secondary N) is 1. The lowest BCUT2D eigenvalue weighted by Gasteiger charge is -2.34. The Kier molecular flexibility index (Phi) is 4.63. The third-order valence-corrected chi connectivity index (χ3v) is 5.80. The SMILES string of the molecule is O=C(Nc1nccc2sncc12)N1CCN(Cc2ccc3c(c2)OC(F)(F)O3)CC1. The van der Waals surface area contributed by atoms with E-state index in [-0.39, 0.29) is 17.5 Å². The number of urea groups is 1. The van der Waals surface area contributed by atoms with Crippen LogP contribution in [0.2, 0.25) is 0 Å². The monoisotopic (exact) mass is 433 g/mol. The zero-order valence-electron chi connectivity index (χ0n) is 15.7. The van der Waals surface area contributed by atoms with Gasteiger partial charge in [-0.3, -0.25) is 10.2 Å². The molecule has 30 heavy (non-hydrogen) atoms. The highest BCUT2D eigenvalue weighted by Crippen LogP contribution is 2.41. The fourth-order valence-electron chi connectivity index (χ4n) is 3.53. The molecule has 8 nitrogen and oxygen atoms in total. The molecular formula is C19H17F2N5O3S. The topological polar surface area (TPSA) is 79.8 Å². The molecule has 2 aliphatic rings. The minimum Gasteiger partial charge on any atom is -0.395 e. The van der Waals surface area contributed by atoms with Crippen LogP contribution in [-0.2, 0) is 6.54 Å². The van der Waals surface area contributed by atoms with Gasteiger partial charge in [-0.15, -0.1) is 8.78 Å². The summed E-state index contributed by atoms with van der Waals surface area (Å²) in [6.07, 6.45) is -0.269. The van der Waals surface area contributed by atoms with Gasteiger partial charge in [0.2, 0.25) is 0 Å². The van der Waals surface area contributed by atoms with Crippen LogP contribution in [0.4, 0.5) is 19.4 Å². The fourth-order valence-corrected chi connectivity index (χ4v) is 4.18. The zero-order valence-corrected chi connectivity index (χ0v) is 16.5. The number of hydrogen-bond donors (Lipinski definition) is 1. The predicted molar refractivity (Wildman–Crippen MR) is 106 cm³/mol.